The van der Waals surface area contributed by atoms with E-state index in [1.807, 2.05) is 63.2 Å². The fourth-order valence-electron chi connectivity index (χ4n) is 2.81. The van der Waals surface area contributed by atoms with E-state index in [9.17, 15) is 9.59 Å². The quantitative estimate of drug-likeness (QED) is 0.553. The van der Waals surface area contributed by atoms with Gasteiger partial charge >= 0.3 is 0 Å². The third-order valence-electron chi connectivity index (χ3n) is 4.31. The van der Waals surface area contributed by atoms with E-state index in [1.165, 1.54) is 11.8 Å². The first-order valence-electron chi connectivity index (χ1n) is 9.73. The molecule has 162 valence electrons. The molecule has 30 heavy (non-hydrogen) atoms. The Morgan fingerprint density at radius 3 is 2.30 bits per heavy atom. The van der Waals surface area contributed by atoms with Gasteiger partial charge in [0.1, 0.15) is 6.04 Å². The Labute approximate surface area is 193 Å². The molecule has 2 aromatic rings. The van der Waals surface area contributed by atoms with Crippen molar-refractivity contribution in [3.05, 3.63) is 69.7 Å². The van der Waals surface area contributed by atoms with Gasteiger partial charge in [-0.05, 0) is 63.1 Å². The van der Waals surface area contributed by atoms with E-state index in [1.54, 1.807) is 17.9 Å². The predicted octanol–water partition coefficient (Wildman–Crippen LogP) is 5.56. The molecule has 0 heterocycles. The van der Waals surface area contributed by atoms with Crippen LogP contribution in [-0.4, -0.2) is 34.0 Å². The summed E-state index contributed by atoms with van der Waals surface area (Å²) in [5.74, 6) is 0.693. The Morgan fingerprint density at radius 2 is 1.70 bits per heavy atom. The number of carbonyl (C=O) groups excluding carboxylic acids is 2. The van der Waals surface area contributed by atoms with Gasteiger partial charge in [-0.15, -0.1) is 11.8 Å². The van der Waals surface area contributed by atoms with E-state index in [-0.39, 0.29) is 23.1 Å². The molecule has 0 spiro atoms. The van der Waals surface area contributed by atoms with Crippen molar-refractivity contribution < 1.29 is 9.59 Å². The largest absolute Gasteiger partial charge is 0.350 e. The van der Waals surface area contributed by atoms with Crippen molar-refractivity contribution in [2.45, 2.75) is 51.6 Å². The van der Waals surface area contributed by atoms with Gasteiger partial charge in [-0.1, -0.05) is 47.5 Å². The number of hydrogen-bond acceptors (Lipinski definition) is 3. The van der Waals surface area contributed by atoms with Gasteiger partial charge in [0.05, 0.1) is 5.75 Å². The number of halogens is 2. The zero-order valence-corrected chi connectivity index (χ0v) is 20.1. The third-order valence-corrected chi connectivity index (χ3v) is 5.79. The summed E-state index contributed by atoms with van der Waals surface area (Å²) in [7, 11) is 0. The number of thioether (sulfide) groups is 1. The summed E-state index contributed by atoms with van der Waals surface area (Å²) in [5, 5.41) is 4.25. The number of benzene rings is 2. The normalized spacial score (nSPS) is 12.3. The summed E-state index contributed by atoms with van der Waals surface area (Å²) in [6.45, 7) is 7.83. The maximum absolute atomic E-state index is 13.1. The standard InChI is InChI=1S/C23H28Cl2N2O2S/c1-16(22(29)26-23(2,3)4)27(13-18-6-5-7-20(25)12-18)21(28)15-30-14-17-8-10-19(24)11-9-17/h5-12,16H,13-15H2,1-4H3,(H,26,29)/t16-/m1/s1. The molecule has 7 heteroatoms. The Hall–Kier alpha value is -1.69. The summed E-state index contributed by atoms with van der Waals surface area (Å²) < 4.78 is 0. The van der Waals surface area contributed by atoms with Crippen LogP contribution in [0.25, 0.3) is 0 Å². The van der Waals surface area contributed by atoms with Crippen LogP contribution in [-0.2, 0) is 21.9 Å². The van der Waals surface area contributed by atoms with Crippen LogP contribution in [0.15, 0.2) is 48.5 Å². The Kier molecular flexibility index (Phi) is 9.08. The second-order valence-electron chi connectivity index (χ2n) is 8.19. The van der Waals surface area contributed by atoms with Crippen LogP contribution in [0.5, 0.6) is 0 Å². The van der Waals surface area contributed by atoms with E-state index >= 15 is 0 Å². The van der Waals surface area contributed by atoms with Crippen LogP contribution in [0.3, 0.4) is 0 Å². The van der Waals surface area contributed by atoms with Crippen molar-refractivity contribution in [2.75, 3.05) is 5.75 Å². The molecule has 0 saturated heterocycles. The summed E-state index contributed by atoms with van der Waals surface area (Å²) in [4.78, 5) is 27.4. The molecule has 2 amide bonds. The van der Waals surface area contributed by atoms with Crippen molar-refractivity contribution in [1.29, 1.82) is 0 Å². The predicted molar refractivity (Wildman–Crippen MR) is 127 cm³/mol. The molecule has 2 aromatic carbocycles. The van der Waals surface area contributed by atoms with Gasteiger partial charge in [0.15, 0.2) is 0 Å². The van der Waals surface area contributed by atoms with Crippen molar-refractivity contribution in [3.63, 3.8) is 0 Å². The lowest BCUT2D eigenvalue weighted by molar-refractivity contribution is -0.139. The van der Waals surface area contributed by atoms with Crippen LogP contribution in [0.1, 0.15) is 38.8 Å². The molecular formula is C23H28Cl2N2O2S. The molecule has 1 atom stereocenters. The maximum atomic E-state index is 13.1. The second kappa shape index (κ2) is 11.1. The van der Waals surface area contributed by atoms with Crippen molar-refractivity contribution in [1.82, 2.24) is 10.2 Å². The monoisotopic (exact) mass is 466 g/mol. The average Bonchev–Trinajstić information content (AvgIpc) is 2.65. The summed E-state index contributed by atoms with van der Waals surface area (Å²) >= 11 is 13.5. The van der Waals surface area contributed by atoms with E-state index in [2.05, 4.69) is 5.32 Å². The third kappa shape index (κ3) is 8.21. The highest BCUT2D eigenvalue weighted by molar-refractivity contribution is 7.99. The minimum absolute atomic E-state index is 0.0921. The first-order chi connectivity index (χ1) is 14.0. The molecular weight excluding hydrogens is 439 g/mol. The van der Waals surface area contributed by atoms with Gasteiger partial charge in [-0.2, -0.15) is 0 Å². The highest BCUT2D eigenvalue weighted by Gasteiger charge is 2.28. The van der Waals surface area contributed by atoms with E-state index < -0.39 is 6.04 Å². The van der Waals surface area contributed by atoms with Gasteiger partial charge in [0.2, 0.25) is 11.8 Å². The smallest absolute Gasteiger partial charge is 0.242 e. The summed E-state index contributed by atoms with van der Waals surface area (Å²) in [5.41, 5.74) is 1.60. The van der Waals surface area contributed by atoms with Crippen LogP contribution in [0.2, 0.25) is 10.0 Å². The van der Waals surface area contributed by atoms with Gasteiger partial charge < -0.3 is 10.2 Å². The molecule has 1 N–H and O–H groups in total. The highest BCUT2D eigenvalue weighted by atomic mass is 35.5. The molecule has 0 aliphatic carbocycles. The van der Waals surface area contributed by atoms with E-state index in [0.717, 1.165) is 11.1 Å². The SMILES string of the molecule is C[C@H](C(=O)NC(C)(C)C)N(Cc1cccc(Cl)c1)C(=O)CSCc1ccc(Cl)cc1. The molecule has 0 aromatic heterocycles. The van der Waals surface area contributed by atoms with Gasteiger partial charge in [0, 0.05) is 27.9 Å². The Balaban J connectivity index is 2.09. The maximum Gasteiger partial charge on any atom is 0.242 e. The van der Waals surface area contributed by atoms with E-state index in [0.29, 0.717) is 22.3 Å². The Bertz CT molecular complexity index is 866. The topological polar surface area (TPSA) is 49.4 Å². The van der Waals surface area contributed by atoms with E-state index in [4.69, 9.17) is 23.2 Å². The number of nitrogens with zero attached hydrogens (tertiary/aromatic N) is 1. The molecule has 0 fully saturated rings. The van der Waals surface area contributed by atoms with Crippen molar-refractivity contribution in [2.24, 2.45) is 0 Å². The second-order valence-corrected chi connectivity index (χ2v) is 10.0. The minimum atomic E-state index is -0.605. The fraction of sp³-hybridized carbons (Fsp3) is 0.391. The zero-order valence-electron chi connectivity index (χ0n) is 17.7. The van der Waals surface area contributed by atoms with Crippen LogP contribution >= 0.6 is 35.0 Å². The number of hydrogen-bond donors (Lipinski definition) is 1. The minimum Gasteiger partial charge on any atom is -0.350 e. The van der Waals surface area contributed by atoms with Gasteiger partial charge in [-0.25, -0.2) is 0 Å². The van der Waals surface area contributed by atoms with Crippen LogP contribution in [0.4, 0.5) is 0 Å². The zero-order chi connectivity index (χ0) is 22.3. The number of rotatable bonds is 8. The first-order valence-corrected chi connectivity index (χ1v) is 11.6. The lowest BCUT2D eigenvalue weighted by Crippen LogP contribution is -2.52. The van der Waals surface area contributed by atoms with Crippen molar-refractivity contribution in [3.8, 4) is 0 Å². The number of amides is 2. The average molecular weight is 467 g/mol. The molecule has 0 aliphatic rings. The number of nitrogens with one attached hydrogen (secondary N) is 1. The molecule has 0 saturated carbocycles. The van der Waals surface area contributed by atoms with Crippen LogP contribution in [0, 0.1) is 0 Å². The summed E-state index contributed by atoms with van der Waals surface area (Å²) in [6, 6.07) is 14.3. The summed E-state index contributed by atoms with van der Waals surface area (Å²) in [6.07, 6.45) is 0. The molecule has 2 rings (SSSR count). The molecule has 0 aliphatic heterocycles. The van der Waals surface area contributed by atoms with Crippen molar-refractivity contribution >= 4 is 46.8 Å². The molecule has 0 unspecified atom stereocenters. The molecule has 4 nitrogen and oxygen atoms in total. The molecule has 0 radical (unpaired) electrons. The van der Waals surface area contributed by atoms with Gasteiger partial charge in [-0.3, -0.25) is 9.59 Å². The van der Waals surface area contributed by atoms with Crippen LogP contribution < -0.4 is 5.32 Å². The Morgan fingerprint density at radius 1 is 1.03 bits per heavy atom. The number of carbonyl (C=O) groups is 2. The highest BCUT2D eigenvalue weighted by Crippen LogP contribution is 2.19. The lowest BCUT2D eigenvalue weighted by Gasteiger charge is -2.31. The lowest BCUT2D eigenvalue weighted by atomic mass is 10.1. The fourth-order valence-corrected chi connectivity index (χ4v) is 4.02. The first kappa shape index (κ1) is 24.6. The van der Waals surface area contributed by atoms with Gasteiger partial charge in [0.25, 0.3) is 0 Å². The molecule has 0 bridgehead atoms.